The van der Waals surface area contributed by atoms with E-state index in [-0.39, 0.29) is 0 Å². The smallest absolute Gasteiger partial charge is 0.0816 e. The van der Waals surface area contributed by atoms with Gasteiger partial charge in [-0.15, -0.1) is 0 Å². The van der Waals surface area contributed by atoms with Gasteiger partial charge >= 0.3 is 0 Å². The molecule has 1 N–H and O–H groups in total. The van der Waals surface area contributed by atoms with Crippen molar-refractivity contribution in [2.45, 2.75) is 18.6 Å². The number of hydrogen-bond donors (Lipinski definition) is 1. The molecule has 2 heterocycles. The van der Waals surface area contributed by atoms with E-state index in [1.165, 1.54) is 31.0 Å². The molecule has 0 radical (unpaired) electrons. The molecule has 0 aromatic carbocycles. The quantitative estimate of drug-likeness (QED) is 0.723. The van der Waals surface area contributed by atoms with E-state index in [2.05, 4.69) is 10.2 Å². The van der Waals surface area contributed by atoms with E-state index in [0.717, 1.165) is 13.1 Å². The van der Waals surface area contributed by atoms with Gasteiger partial charge in [0.25, 0.3) is 0 Å². The average Bonchev–Trinajstić information content (AvgIpc) is 2.30. The van der Waals surface area contributed by atoms with Crippen molar-refractivity contribution in [1.29, 1.82) is 0 Å². The highest BCUT2D eigenvalue weighted by Gasteiger charge is 2.30. The second kappa shape index (κ2) is 5.35. The third kappa shape index (κ3) is 2.42. The molecule has 2 aliphatic heterocycles. The van der Waals surface area contributed by atoms with Gasteiger partial charge in [0.1, 0.15) is 0 Å². The molecule has 2 saturated heterocycles. The van der Waals surface area contributed by atoms with Crippen LogP contribution in [0.2, 0.25) is 0 Å². The minimum absolute atomic E-state index is 0.451. The maximum Gasteiger partial charge on any atom is 0.0816 e. The monoisotopic (exact) mass is 216 g/mol. The summed E-state index contributed by atoms with van der Waals surface area (Å²) in [6, 6.07) is 0.670. The van der Waals surface area contributed by atoms with Crippen LogP contribution in [-0.4, -0.2) is 61.8 Å². The van der Waals surface area contributed by atoms with E-state index in [1.54, 1.807) is 0 Å². The minimum Gasteiger partial charge on any atom is -0.379 e. The van der Waals surface area contributed by atoms with E-state index in [1.807, 2.05) is 18.9 Å². The van der Waals surface area contributed by atoms with Crippen LogP contribution in [0.5, 0.6) is 0 Å². The topological polar surface area (TPSA) is 24.5 Å². The Kier molecular flexibility index (Phi) is 4.10. The molecule has 0 bridgehead atoms. The lowest BCUT2D eigenvalue weighted by Gasteiger charge is -2.40. The van der Waals surface area contributed by atoms with Crippen LogP contribution >= 0.6 is 11.8 Å². The third-order valence-electron chi connectivity index (χ3n) is 3.19. The summed E-state index contributed by atoms with van der Waals surface area (Å²) in [6.45, 7) is 4.66. The molecular formula is C10H20N2OS. The Morgan fingerprint density at radius 2 is 2.14 bits per heavy atom. The zero-order valence-electron chi connectivity index (χ0n) is 8.87. The second-order valence-electron chi connectivity index (χ2n) is 3.99. The zero-order chi connectivity index (χ0) is 9.80. The highest BCUT2D eigenvalue weighted by Crippen LogP contribution is 2.24. The van der Waals surface area contributed by atoms with Gasteiger partial charge < -0.3 is 10.1 Å². The van der Waals surface area contributed by atoms with Crippen molar-refractivity contribution >= 4 is 11.8 Å². The predicted molar refractivity (Wildman–Crippen MR) is 61.0 cm³/mol. The van der Waals surface area contributed by atoms with Crippen molar-refractivity contribution in [1.82, 2.24) is 10.2 Å². The maximum atomic E-state index is 5.57. The molecule has 82 valence electrons. The highest BCUT2D eigenvalue weighted by molar-refractivity contribution is 7.99. The zero-order valence-corrected chi connectivity index (χ0v) is 9.68. The van der Waals surface area contributed by atoms with Gasteiger partial charge in [0, 0.05) is 45.1 Å². The van der Waals surface area contributed by atoms with Gasteiger partial charge in [-0.1, -0.05) is 0 Å². The van der Waals surface area contributed by atoms with E-state index >= 15 is 0 Å². The number of piperazine rings is 1. The summed E-state index contributed by atoms with van der Waals surface area (Å²) in [5.74, 6) is 2.47. The van der Waals surface area contributed by atoms with Crippen LogP contribution in [0.15, 0.2) is 0 Å². The van der Waals surface area contributed by atoms with Crippen LogP contribution in [-0.2, 0) is 4.74 Å². The molecular weight excluding hydrogens is 196 g/mol. The molecule has 0 aromatic rings. The Hall–Kier alpha value is 0.230. The first-order valence-electron chi connectivity index (χ1n) is 5.47. The molecule has 2 atom stereocenters. The van der Waals surface area contributed by atoms with Gasteiger partial charge in [0.15, 0.2) is 0 Å². The number of methoxy groups -OCH3 is 1. The fourth-order valence-corrected chi connectivity index (χ4v) is 3.52. The van der Waals surface area contributed by atoms with E-state index < -0.39 is 0 Å². The van der Waals surface area contributed by atoms with Crippen LogP contribution in [0, 0.1) is 0 Å². The summed E-state index contributed by atoms with van der Waals surface area (Å²) >= 11 is 2.03. The minimum atomic E-state index is 0.451. The van der Waals surface area contributed by atoms with Crippen LogP contribution < -0.4 is 5.32 Å². The van der Waals surface area contributed by atoms with Crippen LogP contribution in [0.1, 0.15) is 6.42 Å². The molecule has 14 heavy (non-hydrogen) atoms. The summed E-state index contributed by atoms with van der Waals surface area (Å²) in [5.41, 5.74) is 0. The lowest BCUT2D eigenvalue weighted by atomic mass is 10.1. The number of hydrogen-bond acceptors (Lipinski definition) is 4. The largest absolute Gasteiger partial charge is 0.379 e. The highest BCUT2D eigenvalue weighted by atomic mass is 32.2. The summed E-state index contributed by atoms with van der Waals surface area (Å²) in [7, 11) is 1.85. The molecule has 0 amide bonds. The van der Waals surface area contributed by atoms with Gasteiger partial charge in [-0.3, -0.25) is 4.90 Å². The molecule has 0 saturated carbocycles. The van der Waals surface area contributed by atoms with Crippen molar-refractivity contribution in [2.24, 2.45) is 0 Å². The van der Waals surface area contributed by atoms with Gasteiger partial charge in [-0.05, 0) is 12.2 Å². The number of nitrogens with one attached hydrogen (secondary N) is 1. The fourth-order valence-electron chi connectivity index (χ4n) is 2.36. The van der Waals surface area contributed by atoms with Crippen molar-refractivity contribution in [2.75, 3.05) is 44.8 Å². The first-order chi connectivity index (χ1) is 6.92. The van der Waals surface area contributed by atoms with Crippen LogP contribution in [0.3, 0.4) is 0 Å². The van der Waals surface area contributed by atoms with Crippen LogP contribution in [0.4, 0.5) is 0 Å². The Balaban J connectivity index is 1.91. The molecule has 2 unspecified atom stereocenters. The van der Waals surface area contributed by atoms with E-state index in [0.29, 0.717) is 12.1 Å². The summed E-state index contributed by atoms with van der Waals surface area (Å²) in [5, 5.41) is 3.40. The number of ether oxygens (including phenoxy) is 1. The maximum absolute atomic E-state index is 5.57. The Bertz CT molecular complexity index is 174. The first kappa shape index (κ1) is 10.7. The molecule has 0 spiro atoms. The molecule has 0 aliphatic carbocycles. The van der Waals surface area contributed by atoms with Crippen molar-refractivity contribution < 1.29 is 4.74 Å². The Morgan fingerprint density at radius 3 is 2.86 bits per heavy atom. The SMILES string of the molecule is COC1CSCCC1N1CCNCC1. The number of nitrogens with zero attached hydrogens (tertiary/aromatic N) is 1. The molecule has 2 rings (SSSR count). The Labute approximate surface area is 90.6 Å². The normalized spacial score (nSPS) is 35.8. The standard InChI is InChI=1S/C10H20N2OS/c1-13-10-8-14-7-2-9(10)12-5-3-11-4-6-12/h9-11H,2-8H2,1H3. The molecule has 0 aromatic heterocycles. The molecule has 2 aliphatic rings. The van der Waals surface area contributed by atoms with E-state index in [9.17, 15) is 0 Å². The average molecular weight is 216 g/mol. The van der Waals surface area contributed by atoms with Crippen molar-refractivity contribution in [3.63, 3.8) is 0 Å². The summed E-state index contributed by atoms with van der Waals surface area (Å²) < 4.78 is 5.57. The second-order valence-corrected chi connectivity index (χ2v) is 5.14. The summed E-state index contributed by atoms with van der Waals surface area (Å²) in [4.78, 5) is 2.60. The van der Waals surface area contributed by atoms with Gasteiger partial charge in [0.05, 0.1) is 6.10 Å². The molecule has 3 nitrogen and oxygen atoms in total. The predicted octanol–water partition coefficient (Wildman–Crippen LogP) is 0.412. The molecule has 4 heteroatoms. The fraction of sp³-hybridized carbons (Fsp3) is 1.00. The lowest BCUT2D eigenvalue weighted by Crippen LogP contribution is -2.54. The van der Waals surface area contributed by atoms with E-state index in [4.69, 9.17) is 4.74 Å². The van der Waals surface area contributed by atoms with Crippen molar-refractivity contribution in [3.8, 4) is 0 Å². The first-order valence-corrected chi connectivity index (χ1v) is 6.62. The van der Waals surface area contributed by atoms with Gasteiger partial charge in [-0.25, -0.2) is 0 Å². The lowest BCUT2D eigenvalue weighted by molar-refractivity contribution is 0.0192. The summed E-state index contributed by atoms with van der Waals surface area (Å²) in [6.07, 6.45) is 1.75. The number of thioether (sulfide) groups is 1. The van der Waals surface area contributed by atoms with Crippen molar-refractivity contribution in [3.05, 3.63) is 0 Å². The van der Waals surface area contributed by atoms with Gasteiger partial charge in [-0.2, -0.15) is 11.8 Å². The van der Waals surface area contributed by atoms with Crippen LogP contribution in [0.25, 0.3) is 0 Å². The Morgan fingerprint density at radius 1 is 1.36 bits per heavy atom. The molecule has 2 fully saturated rings. The number of rotatable bonds is 2. The van der Waals surface area contributed by atoms with Gasteiger partial charge in [0.2, 0.25) is 0 Å². The third-order valence-corrected chi connectivity index (χ3v) is 4.28.